The van der Waals surface area contributed by atoms with E-state index >= 15 is 0 Å². The molecule has 0 radical (unpaired) electrons. The fourth-order valence-corrected chi connectivity index (χ4v) is 1.83. The zero-order valence-corrected chi connectivity index (χ0v) is 8.38. The number of hydrogen-bond donors (Lipinski definition) is 1. The van der Waals surface area contributed by atoms with Crippen LogP contribution in [0.4, 0.5) is 4.39 Å². The molecule has 0 aromatic rings. The highest BCUT2D eigenvalue weighted by atomic mass is 19.1. The summed E-state index contributed by atoms with van der Waals surface area (Å²) in [6, 6.07) is 0.422. The van der Waals surface area contributed by atoms with Crippen molar-refractivity contribution < 1.29 is 4.39 Å². The molecule has 0 aliphatic carbocycles. The SMILES string of the molecule is CN1CCN(CCCF)C(CN)C1. The predicted molar refractivity (Wildman–Crippen MR) is 52.5 cm³/mol. The van der Waals surface area contributed by atoms with Crippen molar-refractivity contribution in [2.75, 3.05) is 46.4 Å². The van der Waals surface area contributed by atoms with E-state index in [9.17, 15) is 4.39 Å². The third-order valence-electron chi connectivity index (χ3n) is 2.66. The van der Waals surface area contributed by atoms with Crippen molar-refractivity contribution in [3.05, 3.63) is 0 Å². The number of nitrogens with zero attached hydrogens (tertiary/aromatic N) is 2. The van der Waals surface area contributed by atoms with Crippen molar-refractivity contribution in [2.24, 2.45) is 5.73 Å². The molecule has 78 valence electrons. The number of halogens is 1. The lowest BCUT2D eigenvalue weighted by atomic mass is 10.1. The minimum Gasteiger partial charge on any atom is -0.329 e. The Morgan fingerprint density at radius 1 is 1.46 bits per heavy atom. The molecule has 0 saturated carbocycles. The maximum absolute atomic E-state index is 12.0. The van der Waals surface area contributed by atoms with Crippen LogP contribution in [-0.4, -0.2) is 62.3 Å². The molecule has 0 spiro atoms. The van der Waals surface area contributed by atoms with Gasteiger partial charge in [0.15, 0.2) is 0 Å². The van der Waals surface area contributed by atoms with Crippen LogP contribution in [0.2, 0.25) is 0 Å². The third-order valence-corrected chi connectivity index (χ3v) is 2.66. The van der Waals surface area contributed by atoms with Gasteiger partial charge in [0.2, 0.25) is 0 Å². The van der Waals surface area contributed by atoms with E-state index in [4.69, 9.17) is 5.73 Å². The fraction of sp³-hybridized carbons (Fsp3) is 1.00. The summed E-state index contributed by atoms with van der Waals surface area (Å²) in [6.45, 7) is 4.43. The first kappa shape index (κ1) is 10.9. The number of hydrogen-bond acceptors (Lipinski definition) is 3. The molecule has 0 bridgehead atoms. The van der Waals surface area contributed by atoms with E-state index in [1.54, 1.807) is 0 Å². The first-order valence-corrected chi connectivity index (χ1v) is 4.96. The molecule has 2 N–H and O–H groups in total. The van der Waals surface area contributed by atoms with Gasteiger partial charge in [0.05, 0.1) is 6.67 Å². The Kier molecular flexibility index (Phi) is 4.62. The molecule has 1 fully saturated rings. The van der Waals surface area contributed by atoms with Gasteiger partial charge in [0, 0.05) is 38.8 Å². The Morgan fingerprint density at radius 2 is 2.23 bits per heavy atom. The molecule has 1 aliphatic rings. The summed E-state index contributed by atoms with van der Waals surface area (Å²) in [5.41, 5.74) is 5.67. The second-order valence-corrected chi connectivity index (χ2v) is 3.73. The van der Waals surface area contributed by atoms with Gasteiger partial charge in [-0.2, -0.15) is 0 Å². The second kappa shape index (κ2) is 5.52. The Hall–Kier alpha value is -0.190. The Bertz CT molecular complexity index is 141. The van der Waals surface area contributed by atoms with Gasteiger partial charge in [-0.1, -0.05) is 0 Å². The van der Waals surface area contributed by atoms with Gasteiger partial charge in [-0.25, -0.2) is 0 Å². The molecule has 1 unspecified atom stereocenters. The van der Waals surface area contributed by atoms with Crippen LogP contribution in [0.3, 0.4) is 0 Å². The van der Waals surface area contributed by atoms with Gasteiger partial charge in [-0.05, 0) is 13.5 Å². The molecule has 0 aromatic carbocycles. The Balaban J connectivity index is 2.33. The van der Waals surface area contributed by atoms with Crippen LogP contribution in [0, 0.1) is 0 Å². The summed E-state index contributed by atoms with van der Waals surface area (Å²) in [6.07, 6.45) is 0.639. The molecule has 1 atom stereocenters. The van der Waals surface area contributed by atoms with Gasteiger partial charge in [0.25, 0.3) is 0 Å². The van der Waals surface area contributed by atoms with Crippen molar-refractivity contribution in [3.8, 4) is 0 Å². The topological polar surface area (TPSA) is 32.5 Å². The molecule has 0 aromatic heterocycles. The zero-order chi connectivity index (χ0) is 9.68. The van der Waals surface area contributed by atoms with E-state index < -0.39 is 0 Å². The molecule has 0 amide bonds. The molecule has 1 aliphatic heterocycles. The number of rotatable bonds is 4. The maximum atomic E-state index is 12.0. The van der Waals surface area contributed by atoms with Crippen LogP contribution in [-0.2, 0) is 0 Å². The van der Waals surface area contributed by atoms with Gasteiger partial charge in [-0.3, -0.25) is 9.29 Å². The van der Waals surface area contributed by atoms with E-state index in [1.165, 1.54) is 0 Å². The van der Waals surface area contributed by atoms with Crippen LogP contribution < -0.4 is 5.73 Å². The van der Waals surface area contributed by atoms with Gasteiger partial charge < -0.3 is 10.6 Å². The number of piperazine rings is 1. The normalized spacial score (nSPS) is 26.5. The number of nitrogens with two attached hydrogens (primary N) is 1. The van der Waals surface area contributed by atoms with Crippen molar-refractivity contribution in [2.45, 2.75) is 12.5 Å². The van der Waals surface area contributed by atoms with Gasteiger partial charge in [0.1, 0.15) is 0 Å². The standard InChI is InChI=1S/C9H20FN3/c1-12-5-6-13(4-2-3-10)9(7-11)8-12/h9H,2-8,11H2,1H3. The molecular formula is C9H20FN3. The zero-order valence-electron chi connectivity index (χ0n) is 8.38. The fourth-order valence-electron chi connectivity index (χ4n) is 1.83. The monoisotopic (exact) mass is 189 g/mol. The smallest absolute Gasteiger partial charge is 0.0906 e. The van der Waals surface area contributed by atoms with Crippen molar-refractivity contribution >= 4 is 0 Å². The summed E-state index contributed by atoms with van der Waals surface area (Å²) < 4.78 is 12.0. The maximum Gasteiger partial charge on any atom is 0.0906 e. The number of alkyl halides is 1. The van der Waals surface area contributed by atoms with Crippen LogP contribution in [0.1, 0.15) is 6.42 Å². The molecule has 1 saturated heterocycles. The Labute approximate surface area is 79.7 Å². The lowest BCUT2D eigenvalue weighted by molar-refractivity contribution is 0.0915. The average Bonchev–Trinajstić information content (AvgIpc) is 2.16. The lowest BCUT2D eigenvalue weighted by Crippen LogP contribution is -2.54. The van der Waals surface area contributed by atoms with Crippen LogP contribution in [0.5, 0.6) is 0 Å². The quantitative estimate of drug-likeness (QED) is 0.671. The van der Waals surface area contributed by atoms with Crippen LogP contribution in [0.25, 0.3) is 0 Å². The van der Waals surface area contributed by atoms with Crippen molar-refractivity contribution in [1.29, 1.82) is 0 Å². The molecule has 1 rings (SSSR count). The van der Waals surface area contributed by atoms with Crippen LogP contribution in [0.15, 0.2) is 0 Å². The molecule has 3 nitrogen and oxygen atoms in total. The van der Waals surface area contributed by atoms with E-state index in [0.717, 1.165) is 26.2 Å². The summed E-state index contributed by atoms with van der Waals surface area (Å²) in [4.78, 5) is 4.59. The van der Waals surface area contributed by atoms with Crippen molar-refractivity contribution in [3.63, 3.8) is 0 Å². The lowest BCUT2D eigenvalue weighted by Gasteiger charge is -2.39. The third kappa shape index (κ3) is 3.21. The van der Waals surface area contributed by atoms with E-state index in [-0.39, 0.29) is 6.67 Å². The molecular weight excluding hydrogens is 169 g/mol. The highest BCUT2D eigenvalue weighted by molar-refractivity contribution is 4.81. The summed E-state index contributed by atoms with van der Waals surface area (Å²) >= 11 is 0. The summed E-state index contributed by atoms with van der Waals surface area (Å²) in [5.74, 6) is 0. The highest BCUT2D eigenvalue weighted by Gasteiger charge is 2.22. The largest absolute Gasteiger partial charge is 0.329 e. The summed E-state index contributed by atoms with van der Waals surface area (Å²) in [7, 11) is 2.11. The second-order valence-electron chi connectivity index (χ2n) is 3.73. The molecule has 1 heterocycles. The first-order valence-electron chi connectivity index (χ1n) is 4.96. The van der Waals surface area contributed by atoms with Gasteiger partial charge >= 0.3 is 0 Å². The summed E-state index contributed by atoms with van der Waals surface area (Å²) in [5, 5.41) is 0. The van der Waals surface area contributed by atoms with Crippen LogP contribution >= 0.6 is 0 Å². The predicted octanol–water partition coefficient (Wildman–Crippen LogP) is -0.0793. The minimum atomic E-state index is -0.219. The van der Waals surface area contributed by atoms with Crippen molar-refractivity contribution in [1.82, 2.24) is 9.80 Å². The number of likely N-dealkylation sites (N-methyl/N-ethyl adjacent to an activating group) is 1. The van der Waals surface area contributed by atoms with E-state index in [2.05, 4.69) is 16.8 Å². The van der Waals surface area contributed by atoms with E-state index in [0.29, 0.717) is 19.0 Å². The molecule has 13 heavy (non-hydrogen) atoms. The average molecular weight is 189 g/mol. The van der Waals surface area contributed by atoms with E-state index in [1.807, 2.05) is 0 Å². The highest BCUT2D eigenvalue weighted by Crippen LogP contribution is 2.07. The first-order chi connectivity index (χ1) is 6.27. The molecule has 4 heteroatoms. The van der Waals surface area contributed by atoms with Gasteiger partial charge in [-0.15, -0.1) is 0 Å². The Morgan fingerprint density at radius 3 is 2.85 bits per heavy atom. The minimum absolute atomic E-state index is 0.219.